The highest BCUT2D eigenvalue weighted by Gasteiger charge is 2.26. The predicted molar refractivity (Wildman–Crippen MR) is 122 cm³/mol. The molecule has 3 aromatic rings. The van der Waals surface area contributed by atoms with Crippen molar-refractivity contribution in [2.75, 3.05) is 27.3 Å². The van der Waals surface area contributed by atoms with E-state index < -0.39 is 0 Å². The Morgan fingerprint density at radius 3 is 2.36 bits per heavy atom. The van der Waals surface area contributed by atoms with Crippen LogP contribution < -0.4 is 14.8 Å². The number of amides is 2. The van der Waals surface area contributed by atoms with Gasteiger partial charge in [0.15, 0.2) is 17.2 Å². The molecule has 2 aromatic carbocycles. The fourth-order valence-corrected chi connectivity index (χ4v) is 3.82. The predicted octanol–water partition coefficient (Wildman–Crippen LogP) is 2.63. The molecular weight excluding hydrogens is 422 g/mol. The van der Waals surface area contributed by atoms with E-state index >= 15 is 0 Å². The third-order valence-corrected chi connectivity index (χ3v) is 5.77. The first-order valence-corrected chi connectivity index (χ1v) is 10.8. The van der Waals surface area contributed by atoms with Crippen LogP contribution in [0.25, 0.3) is 5.69 Å². The van der Waals surface area contributed by atoms with Crippen molar-refractivity contribution in [1.29, 1.82) is 0 Å². The highest BCUT2D eigenvalue weighted by atomic mass is 16.5. The Hall–Kier alpha value is -3.88. The van der Waals surface area contributed by atoms with Crippen molar-refractivity contribution in [3.8, 4) is 17.2 Å². The van der Waals surface area contributed by atoms with Gasteiger partial charge in [0.2, 0.25) is 0 Å². The summed E-state index contributed by atoms with van der Waals surface area (Å²) in [6.45, 7) is 3.08. The third kappa shape index (κ3) is 4.97. The van der Waals surface area contributed by atoms with Gasteiger partial charge in [0, 0.05) is 24.7 Å². The number of nitrogens with zero attached hydrogens (tertiary/aromatic N) is 4. The molecule has 1 saturated heterocycles. The van der Waals surface area contributed by atoms with Gasteiger partial charge in [-0.25, -0.2) is 4.68 Å². The highest BCUT2D eigenvalue weighted by molar-refractivity contribution is 5.95. The van der Waals surface area contributed by atoms with Crippen molar-refractivity contribution < 1.29 is 19.1 Å². The number of aryl methyl sites for hydroxylation is 1. The zero-order chi connectivity index (χ0) is 23.4. The van der Waals surface area contributed by atoms with E-state index in [0.717, 1.165) is 11.3 Å². The maximum Gasteiger partial charge on any atom is 0.276 e. The number of rotatable bonds is 6. The smallest absolute Gasteiger partial charge is 0.276 e. The van der Waals surface area contributed by atoms with Crippen LogP contribution in [-0.2, 0) is 0 Å². The van der Waals surface area contributed by atoms with Crippen LogP contribution in [0.15, 0.2) is 48.7 Å². The van der Waals surface area contributed by atoms with Gasteiger partial charge in [-0.3, -0.25) is 9.59 Å². The molecule has 33 heavy (non-hydrogen) atoms. The lowest BCUT2D eigenvalue weighted by Gasteiger charge is -2.32. The van der Waals surface area contributed by atoms with Crippen LogP contribution in [0.1, 0.15) is 39.3 Å². The molecule has 0 aliphatic carbocycles. The standard InChI is InChI=1S/C24H27N5O4/c1-16-4-7-19(8-5-16)29-15-20(26-27-29)24(31)28-12-10-18(11-13-28)25-23(30)17-6-9-21(32-2)22(14-17)33-3/h4-9,14-15,18H,10-13H2,1-3H3,(H,25,30). The van der Waals surface area contributed by atoms with Gasteiger partial charge in [-0.2, -0.15) is 0 Å². The van der Waals surface area contributed by atoms with E-state index in [4.69, 9.17) is 9.47 Å². The molecule has 172 valence electrons. The van der Waals surface area contributed by atoms with E-state index in [-0.39, 0.29) is 17.9 Å². The van der Waals surface area contributed by atoms with Crippen LogP contribution in [-0.4, -0.2) is 65.1 Å². The molecule has 2 amide bonds. The molecule has 0 atom stereocenters. The van der Waals surface area contributed by atoms with E-state index in [9.17, 15) is 9.59 Å². The molecular formula is C24H27N5O4. The number of piperidine rings is 1. The van der Waals surface area contributed by atoms with Crippen molar-refractivity contribution in [2.24, 2.45) is 0 Å². The van der Waals surface area contributed by atoms with E-state index in [1.807, 2.05) is 31.2 Å². The van der Waals surface area contributed by atoms with Crippen LogP contribution in [0.2, 0.25) is 0 Å². The first kappa shape index (κ1) is 22.3. The lowest BCUT2D eigenvalue weighted by molar-refractivity contribution is 0.0692. The topological polar surface area (TPSA) is 98.6 Å². The second-order valence-corrected chi connectivity index (χ2v) is 7.99. The summed E-state index contributed by atoms with van der Waals surface area (Å²) < 4.78 is 12.1. The monoisotopic (exact) mass is 449 g/mol. The Bertz CT molecular complexity index is 1130. The zero-order valence-corrected chi connectivity index (χ0v) is 18.9. The van der Waals surface area contributed by atoms with Gasteiger partial charge >= 0.3 is 0 Å². The highest BCUT2D eigenvalue weighted by Crippen LogP contribution is 2.27. The van der Waals surface area contributed by atoms with Gasteiger partial charge in [0.1, 0.15) is 0 Å². The van der Waals surface area contributed by atoms with Crippen LogP contribution in [0.3, 0.4) is 0 Å². The van der Waals surface area contributed by atoms with Gasteiger partial charge in [0.05, 0.1) is 26.1 Å². The lowest BCUT2D eigenvalue weighted by atomic mass is 10.0. The summed E-state index contributed by atoms with van der Waals surface area (Å²) in [5.74, 6) is 0.740. The second-order valence-electron chi connectivity index (χ2n) is 7.99. The van der Waals surface area contributed by atoms with Crippen LogP contribution in [0.4, 0.5) is 0 Å². The van der Waals surface area contributed by atoms with Crippen LogP contribution in [0.5, 0.6) is 11.5 Å². The summed E-state index contributed by atoms with van der Waals surface area (Å²) in [5.41, 5.74) is 2.81. The van der Waals surface area contributed by atoms with E-state index in [0.29, 0.717) is 48.7 Å². The number of likely N-dealkylation sites (tertiary alicyclic amines) is 1. The Morgan fingerprint density at radius 1 is 1.00 bits per heavy atom. The summed E-state index contributed by atoms with van der Waals surface area (Å²) in [4.78, 5) is 27.3. The van der Waals surface area contributed by atoms with Gasteiger partial charge in [-0.05, 0) is 50.1 Å². The molecule has 1 N–H and O–H groups in total. The molecule has 0 radical (unpaired) electrons. The second kappa shape index (κ2) is 9.72. The minimum Gasteiger partial charge on any atom is -0.493 e. The maximum absolute atomic E-state index is 12.9. The number of ether oxygens (including phenoxy) is 2. The summed E-state index contributed by atoms with van der Waals surface area (Å²) >= 11 is 0. The van der Waals surface area contributed by atoms with Gasteiger partial charge < -0.3 is 19.7 Å². The number of methoxy groups -OCH3 is 2. The number of nitrogens with one attached hydrogen (secondary N) is 1. The van der Waals surface area contributed by atoms with Crippen molar-refractivity contribution in [1.82, 2.24) is 25.2 Å². The molecule has 1 aromatic heterocycles. The van der Waals surface area contributed by atoms with Crippen molar-refractivity contribution in [2.45, 2.75) is 25.8 Å². The quantitative estimate of drug-likeness (QED) is 0.621. The fraction of sp³-hybridized carbons (Fsp3) is 0.333. The van der Waals surface area contributed by atoms with E-state index in [2.05, 4.69) is 15.6 Å². The average Bonchev–Trinajstić information content (AvgIpc) is 3.34. The molecule has 0 bridgehead atoms. The summed E-state index contributed by atoms with van der Waals surface area (Å²) in [5, 5.41) is 11.2. The molecule has 0 saturated carbocycles. The Balaban J connectivity index is 1.33. The lowest BCUT2D eigenvalue weighted by Crippen LogP contribution is -2.46. The van der Waals surface area contributed by atoms with Crippen molar-refractivity contribution in [3.63, 3.8) is 0 Å². The number of hydrogen-bond acceptors (Lipinski definition) is 6. The summed E-state index contributed by atoms with van der Waals surface area (Å²) in [6.07, 6.45) is 2.98. The molecule has 0 spiro atoms. The first-order valence-electron chi connectivity index (χ1n) is 10.8. The van der Waals surface area contributed by atoms with Crippen LogP contribution in [0, 0.1) is 6.92 Å². The normalized spacial score (nSPS) is 14.1. The molecule has 9 heteroatoms. The third-order valence-electron chi connectivity index (χ3n) is 5.77. The largest absolute Gasteiger partial charge is 0.493 e. The molecule has 4 rings (SSSR count). The molecule has 1 aliphatic heterocycles. The molecule has 0 unspecified atom stereocenters. The number of hydrogen-bond donors (Lipinski definition) is 1. The first-order chi connectivity index (χ1) is 16.0. The van der Waals surface area contributed by atoms with Gasteiger partial charge in [-0.15, -0.1) is 5.10 Å². The van der Waals surface area contributed by atoms with Crippen molar-refractivity contribution in [3.05, 3.63) is 65.5 Å². The Labute approximate surface area is 192 Å². The van der Waals surface area contributed by atoms with Gasteiger partial charge in [0.25, 0.3) is 11.8 Å². The minimum absolute atomic E-state index is 0.0158. The number of benzene rings is 2. The Morgan fingerprint density at radius 2 is 1.70 bits per heavy atom. The molecule has 2 heterocycles. The fourth-order valence-electron chi connectivity index (χ4n) is 3.82. The number of carbonyl (C=O) groups excluding carboxylic acids is 2. The SMILES string of the molecule is COc1ccc(C(=O)NC2CCN(C(=O)c3cn(-c4ccc(C)cc4)nn3)CC2)cc1OC. The Kier molecular flexibility index (Phi) is 6.58. The summed E-state index contributed by atoms with van der Waals surface area (Å²) in [6, 6.07) is 12.9. The average molecular weight is 450 g/mol. The van der Waals surface area contributed by atoms with E-state index in [1.54, 1.807) is 41.1 Å². The number of carbonyl (C=O) groups is 2. The van der Waals surface area contributed by atoms with Crippen LogP contribution >= 0.6 is 0 Å². The molecule has 1 aliphatic rings. The maximum atomic E-state index is 12.9. The van der Waals surface area contributed by atoms with Gasteiger partial charge in [-0.1, -0.05) is 22.9 Å². The summed E-state index contributed by atoms with van der Waals surface area (Å²) in [7, 11) is 3.08. The van der Waals surface area contributed by atoms with Crippen molar-refractivity contribution >= 4 is 11.8 Å². The minimum atomic E-state index is -0.179. The molecule has 9 nitrogen and oxygen atoms in total. The zero-order valence-electron chi connectivity index (χ0n) is 18.9. The van der Waals surface area contributed by atoms with E-state index in [1.165, 1.54) is 7.11 Å². The molecule has 1 fully saturated rings. The number of aromatic nitrogens is 3.